The third kappa shape index (κ3) is 1.94. The molecule has 1 aromatic rings. The van der Waals surface area contributed by atoms with Gasteiger partial charge in [-0.15, -0.1) is 0 Å². The van der Waals surface area contributed by atoms with Crippen molar-refractivity contribution in [3.8, 4) is 6.07 Å². The molecule has 0 saturated heterocycles. The molecule has 2 nitrogen and oxygen atoms in total. The first kappa shape index (κ1) is 10.7. The minimum absolute atomic E-state index is 0.0405. The molecule has 1 N–H and O–H groups in total. The van der Waals surface area contributed by atoms with Gasteiger partial charge in [-0.2, -0.15) is 5.26 Å². The van der Waals surface area contributed by atoms with Crippen molar-refractivity contribution in [3.63, 3.8) is 0 Å². The quantitative estimate of drug-likeness (QED) is 0.793. The Kier molecular flexibility index (Phi) is 3.27. The molecule has 0 amide bonds. The van der Waals surface area contributed by atoms with Gasteiger partial charge >= 0.3 is 0 Å². The van der Waals surface area contributed by atoms with Crippen LogP contribution in [0, 0.1) is 16.7 Å². The van der Waals surface area contributed by atoms with E-state index in [-0.39, 0.29) is 12.5 Å². The Hall–Kier alpha value is -1.33. The van der Waals surface area contributed by atoms with E-state index >= 15 is 0 Å². The van der Waals surface area contributed by atoms with E-state index in [4.69, 9.17) is 5.26 Å². The summed E-state index contributed by atoms with van der Waals surface area (Å²) in [7, 11) is 0. The molecule has 0 spiro atoms. The summed E-state index contributed by atoms with van der Waals surface area (Å²) in [5.74, 6) is 0.0405. The molecule has 74 valence electrons. The predicted molar refractivity (Wildman–Crippen MR) is 55.7 cm³/mol. The van der Waals surface area contributed by atoms with Gasteiger partial charge in [0.15, 0.2) is 0 Å². The van der Waals surface area contributed by atoms with E-state index in [1.807, 2.05) is 37.3 Å². The van der Waals surface area contributed by atoms with Crippen LogP contribution in [0.15, 0.2) is 30.3 Å². The Labute approximate surface area is 84.8 Å². The van der Waals surface area contributed by atoms with E-state index in [1.165, 1.54) is 0 Å². The molecule has 0 aliphatic carbocycles. The summed E-state index contributed by atoms with van der Waals surface area (Å²) in [6.07, 6.45) is 0. The maximum Gasteiger partial charge on any atom is 0.0841 e. The molecule has 0 aromatic heterocycles. The highest BCUT2D eigenvalue weighted by molar-refractivity contribution is 5.24. The summed E-state index contributed by atoms with van der Waals surface area (Å²) >= 11 is 0. The minimum atomic E-state index is -0.693. The van der Waals surface area contributed by atoms with Crippen molar-refractivity contribution in [3.05, 3.63) is 35.9 Å². The highest BCUT2D eigenvalue weighted by atomic mass is 16.3. The Bertz CT molecular complexity index is 328. The van der Waals surface area contributed by atoms with Crippen molar-refractivity contribution in [2.75, 3.05) is 6.61 Å². The van der Waals surface area contributed by atoms with Gasteiger partial charge in [-0.3, -0.25) is 0 Å². The third-order valence-corrected chi connectivity index (χ3v) is 2.84. The van der Waals surface area contributed by atoms with Crippen LogP contribution >= 0.6 is 0 Å². The molecule has 0 aliphatic rings. The summed E-state index contributed by atoms with van der Waals surface area (Å²) in [6.45, 7) is 3.64. The third-order valence-electron chi connectivity index (χ3n) is 2.84. The van der Waals surface area contributed by atoms with Gasteiger partial charge < -0.3 is 5.11 Å². The lowest BCUT2D eigenvalue weighted by Gasteiger charge is -2.26. The fraction of sp³-hybridized carbons (Fsp3) is 0.417. The zero-order valence-electron chi connectivity index (χ0n) is 8.57. The lowest BCUT2D eigenvalue weighted by molar-refractivity contribution is 0.168. The van der Waals surface area contributed by atoms with Gasteiger partial charge in [-0.25, -0.2) is 0 Å². The van der Waals surface area contributed by atoms with Crippen molar-refractivity contribution in [2.45, 2.75) is 19.8 Å². The van der Waals surface area contributed by atoms with Crippen LogP contribution in [0.1, 0.15) is 25.3 Å². The summed E-state index contributed by atoms with van der Waals surface area (Å²) in [5, 5.41) is 18.2. The smallest absolute Gasteiger partial charge is 0.0841 e. The van der Waals surface area contributed by atoms with Crippen molar-refractivity contribution >= 4 is 0 Å². The molecule has 0 saturated carbocycles. The Balaban J connectivity index is 2.96. The zero-order chi connectivity index (χ0) is 10.6. The molecule has 1 rings (SSSR count). The first-order chi connectivity index (χ1) is 6.64. The molecule has 14 heavy (non-hydrogen) atoms. The second-order valence-electron chi connectivity index (χ2n) is 3.82. The van der Waals surface area contributed by atoms with Crippen LogP contribution in [-0.4, -0.2) is 11.7 Å². The van der Waals surface area contributed by atoms with Crippen LogP contribution in [0.25, 0.3) is 0 Å². The van der Waals surface area contributed by atoms with Crippen LogP contribution in [0.3, 0.4) is 0 Å². The van der Waals surface area contributed by atoms with Gasteiger partial charge in [0.2, 0.25) is 0 Å². The molecule has 0 heterocycles. The normalized spacial score (nSPS) is 16.7. The van der Waals surface area contributed by atoms with E-state index in [2.05, 4.69) is 6.07 Å². The van der Waals surface area contributed by atoms with Gasteiger partial charge in [0.25, 0.3) is 0 Å². The Morgan fingerprint density at radius 3 is 2.43 bits per heavy atom. The number of benzene rings is 1. The number of hydrogen-bond acceptors (Lipinski definition) is 2. The SMILES string of the molecule is C[C@H](c1ccccc1)[C@](C)(C#N)CO. The van der Waals surface area contributed by atoms with Crippen LogP contribution < -0.4 is 0 Å². The van der Waals surface area contributed by atoms with Crippen LogP contribution in [0.4, 0.5) is 0 Å². The van der Waals surface area contributed by atoms with E-state index in [0.29, 0.717) is 0 Å². The van der Waals surface area contributed by atoms with Crippen LogP contribution in [0.2, 0.25) is 0 Å². The molecule has 0 aliphatic heterocycles. The second-order valence-corrected chi connectivity index (χ2v) is 3.82. The number of nitrogens with zero attached hydrogens (tertiary/aromatic N) is 1. The second kappa shape index (κ2) is 4.26. The van der Waals surface area contributed by atoms with E-state index < -0.39 is 5.41 Å². The van der Waals surface area contributed by atoms with E-state index in [0.717, 1.165) is 5.56 Å². The highest BCUT2D eigenvalue weighted by Crippen LogP contribution is 2.34. The van der Waals surface area contributed by atoms with Gasteiger partial charge in [-0.05, 0) is 12.5 Å². The fourth-order valence-corrected chi connectivity index (χ4v) is 1.38. The molecule has 0 unspecified atom stereocenters. The number of aliphatic hydroxyl groups excluding tert-OH is 1. The summed E-state index contributed by atoms with van der Waals surface area (Å²) < 4.78 is 0. The molecular formula is C12H15NO. The molecule has 1 aromatic carbocycles. The van der Waals surface area contributed by atoms with Crippen LogP contribution in [-0.2, 0) is 0 Å². The molecule has 2 heteroatoms. The molecular weight excluding hydrogens is 174 g/mol. The van der Waals surface area contributed by atoms with Gasteiger partial charge in [0.05, 0.1) is 18.1 Å². The first-order valence-electron chi connectivity index (χ1n) is 4.71. The predicted octanol–water partition coefficient (Wildman–Crippen LogP) is 2.31. The number of aliphatic hydroxyl groups is 1. The lowest BCUT2D eigenvalue weighted by Crippen LogP contribution is -2.26. The summed E-state index contributed by atoms with van der Waals surface area (Å²) in [5.41, 5.74) is 0.395. The highest BCUT2D eigenvalue weighted by Gasteiger charge is 2.31. The maximum absolute atomic E-state index is 9.19. The fourth-order valence-electron chi connectivity index (χ4n) is 1.38. The van der Waals surface area contributed by atoms with Crippen molar-refractivity contribution in [2.24, 2.45) is 5.41 Å². The van der Waals surface area contributed by atoms with E-state index in [1.54, 1.807) is 6.92 Å². The number of rotatable bonds is 3. The molecule has 0 radical (unpaired) electrons. The monoisotopic (exact) mass is 189 g/mol. The largest absolute Gasteiger partial charge is 0.395 e. The maximum atomic E-state index is 9.19. The minimum Gasteiger partial charge on any atom is -0.395 e. The number of nitriles is 1. The average Bonchev–Trinajstić information content (AvgIpc) is 2.28. The van der Waals surface area contributed by atoms with Gasteiger partial charge in [0, 0.05) is 5.92 Å². The van der Waals surface area contributed by atoms with E-state index in [9.17, 15) is 5.11 Å². The molecule has 2 atom stereocenters. The van der Waals surface area contributed by atoms with Gasteiger partial charge in [0.1, 0.15) is 0 Å². The van der Waals surface area contributed by atoms with Gasteiger partial charge in [-0.1, -0.05) is 37.3 Å². The van der Waals surface area contributed by atoms with Crippen molar-refractivity contribution in [1.29, 1.82) is 5.26 Å². The summed E-state index contributed by atoms with van der Waals surface area (Å²) in [6, 6.07) is 12.0. The van der Waals surface area contributed by atoms with Crippen LogP contribution in [0.5, 0.6) is 0 Å². The zero-order valence-corrected chi connectivity index (χ0v) is 8.57. The average molecular weight is 189 g/mol. The Morgan fingerprint density at radius 2 is 2.00 bits per heavy atom. The summed E-state index contributed by atoms with van der Waals surface area (Å²) in [4.78, 5) is 0. The standard InChI is InChI=1S/C12H15NO/c1-10(12(2,8-13)9-14)11-6-4-3-5-7-11/h3-7,10,14H,9H2,1-2H3/t10-,12-/m1/s1. The molecule has 0 fully saturated rings. The lowest BCUT2D eigenvalue weighted by atomic mass is 9.76. The number of hydrogen-bond donors (Lipinski definition) is 1. The molecule has 0 bridgehead atoms. The van der Waals surface area contributed by atoms with Crippen molar-refractivity contribution in [1.82, 2.24) is 0 Å². The Morgan fingerprint density at radius 1 is 1.43 bits per heavy atom. The topological polar surface area (TPSA) is 44.0 Å². The first-order valence-corrected chi connectivity index (χ1v) is 4.71. The van der Waals surface area contributed by atoms with Crippen molar-refractivity contribution < 1.29 is 5.11 Å².